The summed E-state index contributed by atoms with van der Waals surface area (Å²) in [6.45, 7) is 0. The van der Waals surface area contributed by atoms with Gasteiger partial charge in [0.05, 0.1) is 18.3 Å². The highest BCUT2D eigenvalue weighted by Gasteiger charge is 2.60. The molecule has 2 aromatic carbocycles. The van der Waals surface area contributed by atoms with Gasteiger partial charge in [0.25, 0.3) is 0 Å². The highest BCUT2D eigenvalue weighted by molar-refractivity contribution is 14.1. The number of benzene rings is 2. The van der Waals surface area contributed by atoms with Crippen molar-refractivity contribution in [1.29, 1.82) is 0 Å². The lowest BCUT2D eigenvalue weighted by molar-refractivity contribution is -0.00906. The van der Waals surface area contributed by atoms with Crippen molar-refractivity contribution in [3.63, 3.8) is 0 Å². The second-order valence-electron chi connectivity index (χ2n) is 6.85. The number of carbonyl (C=O) groups excluding carboxylic acids is 1. The van der Waals surface area contributed by atoms with Gasteiger partial charge >= 0.3 is 5.97 Å². The zero-order valence-electron chi connectivity index (χ0n) is 14.2. The third kappa shape index (κ3) is 2.89. The first-order valence-corrected chi connectivity index (χ1v) is 12.7. The molecule has 2 aliphatic heterocycles. The maximum absolute atomic E-state index is 12.9. The van der Waals surface area contributed by atoms with Gasteiger partial charge in [-0.2, -0.15) is 0 Å². The fourth-order valence-electron chi connectivity index (χ4n) is 4.02. The number of aliphatic hydroxyl groups is 2. The summed E-state index contributed by atoms with van der Waals surface area (Å²) in [6.07, 6.45) is 0.220. The van der Waals surface area contributed by atoms with Crippen LogP contribution in [0.3, 0.4) is 0 Å². The van der Waals surface area contributed by atoms with Gasteiger partial charge in [-0.05, 0) is 115 Å². The van der Waals surface area contributed by atoms with E-state index < -0.39 is 21.3 Å². The average Bonchev–Trinajstić information content (AvgIpc) is 2.94. The second-order valence-corrected chi connectivity index (χ2v) is 12.1. The molecule has 0 amide bonds. The molecule has 3 unspecified atom stereocenters. The zero-order chi connectivity index (χ0) is 20.7. The fraction of sp³-hybridized carbons (Fsp3) is 0.150. The molecule has 1 spiro atoms. The highest BCUT2D eigenvalue weighted by Crippen LogP contribution is 2.59. The van der Waals surface area contributed by atoms with Crippen molar-refractivity contribution < 1.29 is 24.5 Å². The molecule has 9 heteroatoms. The smallest absolute Gasteiger partial charge is 0.340 e. The van der Waals surface area contributed by atoms with Crippen LogP contribution in [0.25, 0.3) is 0 Å². The molecule has 148 valence electrons. The van der Waals surface area contributed by atoms with E-state index in [1.807, 2.05) is 24.3 Å². The Morgan fingerprint density at radius 3 is 2.55 bits per heavy atom. The van der Waals surface area contributed by atoms with E-state index in [4.69, 9.17) is 9.47 Å². The first-order valence-electron chi connectivity index (χ1n) is 8.40. The summed E-state index contributed by atoms with van der Waals surface area (Å²) < 4.78 is 13.2. The molecule has 2 aromatic rings. The highest BCUT2D eigenvalue weighted by atomic mass is 127. The predicted molar refractivity (Wildman–Crippen MR) is 139 cm³/mol. The van der Waals surface area contributed by atoms with Crippen molar-refractivity contribution in [2.45, 2.75) is 15.3 Å². The molecule has 3 aliphatic rings. The van der Waals surface area contributed by atoms with Gasteiger partial charge < -0.3 is 19.7 Å². The molecular formula is C20H10I4O5. The number of rotatable bonds is 0. The molecule has 5 rings (SSSR count). The Morgan fingerprint density at radius 1 is 1.07 bits per heavy atom. The molecule has 3 atom stereocenters. The summed E-state index contributed by atoms with van der Waals surface area (Å²) in [5.74, 6) is 0.529. The molecule has 0 fully saturated rings. The lowest BCUT2D eigenvalue weighted by Gasteiger charge is -2.44. The second kappa shape index (κ2) is 7.02. The van der Waals surface area contributed by atoms with Crippen molar-refractivity contribution in [2.24, 2.45) is 0 Å². The van der Waals surface area contributed by atoms with Crippen LogP contribution in [0.1, 0.15) is 21.5 Å². The molecule has 2 heterocycles. The molecule has 0 aromatic heterocycles. The maximum atomic E-state index is 12.9. The topological polar surface area (TPSA) is 76.0 Å². The lowest BCUT2D eigenvalue weighted by atomic mass is 9.73. The minimum absolute atomic E-state index is 0.338. The number of halogens is 4. The normalized spacial score (nSPS) is 29.7. The van der Waals surface area contributed by atoms with Crippen LogP contribution >= 0.6 is 90.4 Å². The van der Waals surface area contributed by atoms with Crippen LogP contribution in [0.2, 0.25) is 0 Å². The Bertz CT molecular complexity index is 1170. The third-order valence-electron chi connectivity index (χ3n) is 5.19. The van der Waals surface area contributed by atoms with Crippen molar-refractivity contribution in [2.75, 3.05) is 0 Å². The van der Waals surface area contributed by atoms with E-state index in [2.05, 4.69) is 67.8 Å². The van der Waals surface area contributed by atoms with Gasteiger partial charge in [0.15, 0.2) is 9.21 Å². The molecule has 0 bridgehead atoms. The molecule has 2 N–H and O–H groups in total. The number of fused-ring (bicyclic) bond motifs is 5. The Kier molecular flexibility index (Phi) is 5.06. The molecule has 0 saturated carbocycles. The van der Waals surface area contributed by atoms with E-state index in [0.717, 1.165) is 7.14 Å². The van der Waals surface area contributed by atoms with E-state index in [1.165, 1.54) is 0 Å². The van der Waals surface area contributed by atoms with Crippen LogP contribution in [0.4, 0.5) is 0 Å². The SMILES string of the molecule is O=C1OC2(C3=C(Oc4c(I)cc(I)cc42)C(I)=CC(O)(I)C3O)c2ccccc21. The predicted octanol–water partition coefficient (Wildman–Crippen LogP) is 4.77. The minimum atomic E-state index is -1.57. The largest absolute Gasteiger partial charge is 0.454 e. The maximum Gasteiger partial charge on any atom is 0.340 e. The van der Waals surface area contributed by atoms with Crippen LogP contribution in [0.5, 0.6) is 5.75 Å². The Labute approximate surface area is 220 Å². The number of hydrogen-bond acceptors (Lipinski definition) is 5. The number of aliphatic hydroxyl groups excluding tert-OH is 1. The van der Waals surface area contributed by atoms with Crippen molar-refractivity contribution in [3.8, 4) is 5.75 Å². The van der Waals surface area contributed by atoms with E-state index in [-0.39, 0.29) is 0 Å². The van der Waals surface area contributed by atoms with Gasteiger partial charge in [-0.15, -0.1) is 0 Å². The van der Waals surface area contributed by atoms with E-state index in [9.17, 15) is 15.0 Å². The van der Waals surface area contributed by atoms with E-state index in [0.29, 0.717) is 37.4 Å². The Balaban J connectivity index is 1.94. The number of ether oxygens (including phenoxy) is 2. The zero-order valence-corrected chi connectivity index (χ0v) is 22.9. The van der Waals surface area contributed by atoms with Gasteiger partial charge in [-0.25, -0.2) is 4.79 Å². The molecule has 1 aliphatic carbocycles. The monoisotopic (exact) mass is 838 g/mol. The van der Waals surface area contributed by atoms with Crippen molar-refractivity contribution >= 4 is 96.3 Å². The average molecular weight is 838 g/mol. The first kappa shape index (κ1) is 20.9. The van der Waals surface area contributed by atoms with Crippen LogP contribution < -0.4 is 4.74 Å². The van der Waals surface area contributed by atoms with Gasteiger partial charge in [0, 0.05) is 14.7 Å². The quantitative estimate of drug-likeness (QED) is 0.228. The fourth-order valence-corrected chi connectivity index (χ4v) is 8.07. The van der Waals surface area contributed by atoms with Crippen LogP contribution in [-0.2, 0) is 10.3 Å². The first-order chi connectivity index (χ1) is 13.7. The Morgan fingerprint density at radius 2 is 1.79 bits per heavy atom. The van der Waals surface area contributed by atoms with Crippen LogP contribution in [0, 0.1) is 7.14 Å². The summed E-state index contributed by atoms with van der Waals surface area (Å²) in [6, 6.07) is 11.0. The number of hydrogen-bond donors (Lipinski definition) is 2. The molecule has 0 saturated heterocycles. The Hall–Kier alpha value is 0.0300. The van der Waals surface area contributed by atoms with Gasteiger partial charge in [0.2, 0.25) is 0 Å². The van der Waals surface area contributed by atoms with Gasteiger partial charge in [-0.3, -0.25) is 0 Å². The van der Waals surface area contributed by atoms with Crippen LogP contribution in [-0.4, -0.2) is 25.9 Å². The third-order valence-corrected chi connectivity index (χ3v) is 8.32. The van der Waals surface area contributed by atoms with Crippen molar-refractivity contribution in [3.05, 3.63) is 81.2 Å². The number of allylic oxidation sites excluding steroid dienone is 1. The van der Waals surface area contributed by atoms with Crippen LogP contribution in [0.15, 0.2) is 57.4 Å². The summed E-state index contributed by atoms with van der Waals surface area (Å²) in [7, 11) is 0. The van der Waals surface area contributed by atoms with Gasteiger partial charge in [0.1, 0.15) is 17.6 Å². The number of esters is 1. The van der Waals surface area contributed by atoms with Crippen molar-refractivity contribution in [1.82, 2.24) is 0 Å². The lowest BCUT2D eigenvalue weighted by Crippen LogP contribution is -2.49. The number of carbonyl (C=O) groups is 1. The van der Waals surface area contributed by atoms with Gasteiger partial charge in [-0.1, -0.05) is 18.2 Å². The molecule has 0 radical (unpaired) electrons. The number of alkyl halides is 1. The molecular weight excluding hydrogens is 828 g/mol. The summed E-state index contributed by atoms with van der Waals surface area (Å²) in [4.78, 5) is 12.9. The molecule has 5 nitrogen and oxygen atoms in total. The summed E-state index contributed by atoms with van der Waals surface area (Å²) in [5.41, 5.74) is 0.682. The van der Waals surface area contributed by atoms with E-state index in [1.54, 1.807) is 40.8 Å². The minimum Gasteiger partial charge on any atom is -0.454 e. The molecule has 29 heavy (non-hydrogen) atoms. The standard InChI is InChI=1S/C20H10I4O5/c21-8-5-11-15(12(22)6-8)28-16-13(23)7-19(24,27)17(25)14(16)20(11)10-4-2-1-3-9(10)18(26)29-20/h1-7,17,25,27H. The summed E-state index contributed by atoms with van der Waals surface area (Å²) in [5, 5.41) is 22.1. The summed E-state index contributed by atoms with van der Waals surface area (Å²) >= 11 is 8.28. The van der Waals surface area contributed by atoms with E-state index >= 15 is 0 Å².